The molecule has 1 atom stereocenters. The topological polar surface area (TPSA) is 15.3 Å². The molecule has 1 aliphatic heterocycles. The molecular formula is C14H21BrN2. The van der Waals surface area contributed by atoms with Crippen molar-refractivity contribution in [1.82, 2.24) is 10.2 Å². The van der Waals surface area contributed by atoms with Crippen LogP contribution in [0.3, 0.4) is 0 Å². The Labute approximate surface area is 113 Å². The lowest BCUT2D eigenvalue weighted by Gasteiger charge is -2.19. The van der Waals surface area contributed by atoms with Crippen LogP contribution in [0.2, 0.25) is 0 Å². The van der Waals surface area contributed by atoms with Crippen LogP contribution >= 0.6 is 15.9 Å². The number of nitrogens with zero attached hydrogens (tertiary/aromatic N) is 1. The largest absolute Gasteiger partial charge is 0.316 e. The molecule has 0 amide bonds. The second kappa shape index (κ2) is 6.53. The Bertz CT molecular complexity index is 348. The fourth-order valence-corrected chi connectivity index (χ4v) is 2.77. The van der Waals surface area contributed by atoms with E-state index in [1.165, 1.54) is 42.5 Å². The zero-order chi connectivity index (χ0) is 12.1. The van der Waals surface area contributed by atoms with Gasteiger partial charge in [-0.25, -0.2) is 0 Å². The first-order valence-corrected chi connectivity index (χ1v) is 7.17. The molecule has 17 heavy (non-hydrogen) atoms. The van der Waals surface area contributed by atoms with Gasteiger partial charge in [0.1, 0.15) is 0 Å². The predicted molar refractivity (Wildman–Crippen MR) is 76.1 cm³/mol. The zero-order valence-electron chi connectivity index (χ0n) is 10.5. The molecule has 1 heterocycles. The molecule has 0 aromatic heterocycles. The van der Waals surface area contributed by atoms with Crippen molar-refractivity contribution in [2.45, 2.75) is 19.4 Å². The standard InChI is InChI=1S/C14H21BrN2/c1-17(9-7-12-6-8-16-10-12)11-13-4-2-3-5-14(13)15/h2-5,12,16H,6-11H2,1H3. The van der Waals surface area contributed by atoms with E-state index in [0.29, 0.717) is 0 Å². The van der Waals surface area contributed by atoms with Gasteiger partial charge < -0.3 is 10.2 Å². The van der Waals surface area contributed by atoms with E-state index < -0.39 is 0 Å². The fraction of sp³-hybridized carbons (Fsp3) is 0.571. The number of hydrogen-bond acceptors (Lipinski definition) is 2. The molecule has 0 radical (unpaired) electrons. The van der Waals surface area contributed by atoms with Crippen molar-refractivity contribution in [3.63, 3.8) is 0 Å². The highest BCUT2D eigenvalue weighted by molar-refractivity contribution is 9.10. The maximum Gasteiger partial charge on any atom is 0.0241 e. The van der Waals surface area contributed by atoms with Crippen LogP contribution in [0.1, 0.15) is 18.4 Å². The Hall–Kier alpha value is -0.380. The molecule has 2 nitrogen and oxygen atoms in total. The van der Waals surface area contributed by atoms with E-state index in [-0.39, 0.29) is 0 Å². The quantitative estimate of drug-likeness (QED) is 0.899. The first kappa shape index (κ1) is 13.1. The van der Waals surface area contributed by atoms with E-state index in [0.717, 1.165) is 12.5 Å². The maximum absolute atomic E-state index is 3.61. The number of nitrogens with one attached hydrogen (secondary N) is 1. The summed E-state index contributed by atoms with van der Waals surface area (Å²) in [6.45, 7) is 4.64. The Morgan fingerprint density at radius 1 is 1.41 bits per heavy atom. The molecule has 1 aliphatic rings. The molecule has 0 aliphatic carbocycles. The third kappa shape index (κ3) is 4.09. The van der Waals surface area contributed by atoms with Crippen LogP contribution in [0, 0.1) is 5.92 Å². The average Bonchev–Trinajstić information content (AvgIpc) is 2.82. The summed E-state index contributed by atoms with van der Waals surface area (Å²) >= 11 is 3.61. The van der Waals surface area contributed by atoms with E-state index >= 15 is 0 Å². The lowest BCUT2D eigenvalue weighted by atomic mass is 10.0. The van der Waals surface area contributed by atoms with Gasteiger partial charge in [-0.3, -0.25) is 0 Å². The summed E-state index contributed by atoms with van der Waals surface area (Å²) in [5, 5.41) is 3.43. The second-order valence-corrected chi connectivity index (χ2v) is 5.83. The average molecular weight is 297 g/mol. The van der Waals surface area contributed by atoms with Gasteiger partial charge >= 0.3 is 0 Å². The molecule has 1 fully saturated rings. The van der Waals surface area contributed by atoms with Crippen LogP contribution in [-0.4, -0.2) is 31.6 Å². The van der Waals surface area contributed by atoms with Gasteiger partial charge in [0.2, 0.25) is 0 Å². The third-order valence-electron chi connectivity index (χ3n) is 3.48. The molecule has 94 valence electrons. The van der Waals surface area contributed by atoms with Crippen molar-refractivity contribution in [3.8, 4) is 0 Å². The molecule has 0 bridgehead atoms. The third-order valence-corrected chi connectivity index (χ3v) is 4.25. The Kier molecular flexibility index (Phi) is 5.01. The molecule has 0 spiro atoms. The Morgan fingerprint density at radius 3 is 2.94 bits per heavy atom. The highest BCUT2D eigenvalue weighted by Crippen LogP contribution is 2.18. The van der Waals surface area contributed by atoms with Crippen LogP contribution in [0.4, 0.5) is 0 Å². The van der Waals surface area contributed by atoms with E-state index in [9.17, 15) is 0 Å². The van der Waals surface area contributed by atoms with Gasteiger partial charge in [0, 0.05) is 11.0 Å². The van der Waals surface area contributed by atoms with E-state index in [1.54, 1.807) is 0 Å². The predicted octanol–water partition coefficient (Wildman–Crippen LogP) is 2.88. The van der Waals surface area contributed by atoms with Gasteiger partial charge in [-0.2, -0.15) is 0 Å². The van der Waals surface area contributed by atoms with E-state index in [4.69, 9.17) is 0 Å². The molecule has 2 rings (SSSR count). The first-order chi connectivity index (χ1) is 8.25. The molecule has 1 aromatic carbocycles. The number of halogens is 1. The van der Waals surface area contributed by atoms with Crippen LogP contribution in [0.5, 0.6) is 0 Å². The highest BCUT2D eigenvalue weighted by Gasteiger charge is 2.14. The number of rotatable bonds is 5. The molecule has 1 unspecified atom stereocenters. The summed E-state index contributed by atoms with van der Waals surface area (Å²) in [6, 6.07) is 8.48. The minimum atomic E-state index is 0.886. The van der Waals surface area contributed by atoms with Gasteiger partial charge in [-0.1, -0.05) is 34.1 Å². The minimum Gasteiger partial charge on any atom is -0.316 e. The van der Waals surface area contributed by atoms with Gasteiger partial charge in [0.15, 0.2) is 0 Å². The van der Waals surface area contributed by atoms with Crippen molar-refractivity contribution in [3.05, 3.63) is 34.3 Å². The Balaban J connectivity index is 1.76. The minimum absolute atomic E-state index is 0.886. The lowest BCUT2D eigenvalue weighted by Crippen LogP contribution is -2.22. The summed E-state index contributed by atoms with van der Waals surface area (Å²) in [7, 11) is 2.21. The first-order valence-electron chi connectivity index (χ1n) is 6.38. The van der Waals surface area contributed by atoms with Crippen molar-refractivity contribution in [2.24, 2.45) is 5.92 Å². The van der Waals surface area contributed by atoms with Crippen LogP contribution in [0.25, 0.3) is 0 Å². The van der Waals surface area contributed by atoms with Gasteiger partial charge in [0.05, 0.1) is 0 Å². The van der Waals surface area contributed by atoms with E-state index in [1.807, 2.05) is 0 Å². The van der Waals surface area contributed by atoms with Crippen LogP contribution < -0.4 is 5.32 Å². The summed E-state index contributed by atoms with van der Waals surface area (Å²) in [5.41, 5.74) is 1.37. The molecule has 1 N–H and O–H groups in total. The molecule has 0 saturated carbocycles. The lowest BCUT2D eigenvalue weighted by molar-refractivity contribution is 0.297. The Morgan fingerprint density at radius 2 is 2.24 bits per heavy atom. The van der Waals surface area contributed by atoms with Gasteiger partial charge in [0.25, 0.3) is 0 Å². The summed E-state index contributed by atoms with van der Waals surface area (Å²) in [5.74, 6) is 0.886. The van der Waals surface area contributed by atoms with Gasteiger partial charge in [-0.05, 0) is 57.1 Å². The van der Waals surface area contributed by atoms with Crippen molar-refractivity contribution in [2.75, 3.05) is 26.7 Å². The van der Waals surface area contributed by atoms with E-state index in [2.05, 4.69) is 57.5 Å². The van der Waals surface area contributed by atoms with Gasteiger partial charge in [-0.15, -0.1) is 0 Å². The van der Waals surface area contributed by atoms with Crippen molar-refractivity contribution in [1.29, 1.82) is 0 Å². The zero-order valence-corrected chi connectivity index (χ0v) is 12.0. The van der Waals surface area contributed by atoms with Crippen LogP contribution in [-0.2, 0) is 6.54 Å². The maximum atomic E-state index is 3.61. The fourth-order valence-electron chi connectivity index (χ4n) is 2.36. The molecular weight excluding hydrogens is 276 g/mol. The SMILES string of the molecule is CN(CCC1CCNC1)Cc1ccccc1Br. The van der Waals surface area contributed by atoms with Crippen molar-refractivity contribution >= 4 is 15.9 Å². The molecule has 3 heteroatoms. The summed E-state index contributed by atoms with van der Waals surface area (Å²) < 4.78 is 1.22. The summed E-state index contributed by atoms with van der Waals surface area (Å²) in [4.78, 5) is 2.42. The molecule has 1 aromatic rings. The number of hydrogen-bond donors (Lipinski definition) is 1. The highest BCUT2D eigenvalue weighted by atomic mass is 79.9. The summed E-state index contributed by atoms with van der Waals surface area (Å²) in [6.07, 6.45) is 2.66. The smallest absolute Gasteiger partial charge is 0.0241 e. The monoisotopic (exact) mass is 296 g/mol. The molecule has 1 saturated heterocycles. The number of benzene rings is 1. The van der Waals surface area contributed by atoms with Crippen LogP contribution in [0.15, 0.2) is 28.7 Å². The second-order valence-electron chi connectivity index (χ2n) is 4.98. The normalized spacial score (nSPS) is 20.1. The van der Waals surface area contributed by atoms with Crippen molar-refractivity contribution < 1.29 is 0 Å².